The van der Waals surface area contributed by atoms with Gasteiger partial charge in [0, 0.05) is 13.0 Å². The van der Waals surface area contributed by atoms with E-state index in [0.717, 1.165) is 13.0 Å². The van der Waals surface area contributed by atoms with Gasteiger partial charge in [-0.25, -0.2) is 15.2 Å². The van der Waals surface area contributed by atoms with E-state index in [9.17, 15) is 4.79 Å². The minimum Gasteiger partial charge on any atom is -0.341 e. The van der Waals surface area contributed by atoms with E-state index in [0.29, 0.717) is 5.11 Å². The molecule has 1 atom stereocenters. The molecule has 5 nitrogen and oxygen atoms in total. The standard InChI is InChI=1S/C5H8N4OS/c10-5-8-4(11)7-3-1-2-6-9(3)5/h3,6H,1-2H2,(H2,7,8,10,11). The zero-order chi connectivity index (χ0) is 7.84. The Kier molecular flexibility index (Phi) is 1.43. The number of carbonyl (C=O) groups is 1. The normalized spacial score (nSPS) is 29.5. The molecule has 0 saturated carbocycles. The van der Waals surface area contributed by atoms with Crippen LogP contribution in [-0.2, 0) is 0 Å². The molecule has 0 aromatic rings. The van der Waals surface area contributed by atoms with Crippen molar-refractivity contribution in [2.45, 2.75) is 12.6 Å². The van der Waals surface area contributed by atoms with Crippen molar-refractivity contribution in [2.75, 3.05) is 6.54 Å². The maximum atomic E-state index is 11.1. The summed E-state index contributed by atoms with van der Waals surface area (Å²) < 4.78 is 0. The van der Waals surface area contributed by atoms with Crippen molar-refractivity contribution >= 4 is 23.4 Å². The lowest BCUT2D eigenvalue weighted by Crippen LogP contribution is -2.63. The van der Waals surface area contributed by atoms with Crippen LogP contribution in [0.25, 0.3) is 0 Å². The van der Waals surface area contributed by atoms with Crippen LogP contribution in [0.15, 0.2) is 0 Å². The van der Waals surface area contributed by atoms with Crippen LogP contribution in [0.5, 0.6) is 0 Å². The fourth-order valence-corrected chi connectivity index (χ4v) is 1.48. The lowest BCUT2D eigenvalue weighted by Gasteiger charge is -2.30. The molecule has 6 heteroatoms. The van der Waals surface area contributed by atoms with Gasteiger partial charge in [0.2, 0.25) is 0 Å². The highest BCUT2D eigenvalue weighted by atomic mass is 32.1. The number of hydrogen-bond acceptors (Lipinski definition) is 3. The molecule has 2 aliphatic rings. The predicted octanol–water partition coefficient (Wildman–Crippen LogP) is -0.879. The van der Waals surface area contributed by atoms with Crippen molar-refractivity contribution in [3.63, 3.8) is 0 Å². The SMILES string of the molecule is O=C1NC(=S)NC2CCNN12. The maximum absolute atomic E-state index is 11.1. The highest BCUT2D eigenvalue weighted by Gasteiger charge is 2.33. The van der Waals surface area contributed by atoms with E-state index >= 15 is 0 Å². The van der Waals surface area contributed by atoms with Gasteiger partial charge in [-0.15, -0.1) is 0 Å². The number of hydrogen-bond donors (Lipinski definition) is 3. The Hall–Kier alpha value is -0.880. The van der Waals surface area contributed by atoms with Crippen molar-refractivity contribution < 1.29 is 4.79 Å². The molecule has 60 valence electrons. The number of rotatable bonds is 0. The Balaban J connectivity index is 2.16. The zero-order valence-electron chi connectivity index (χ0n) is 5.76. The minimum atomic E-state index is -0.170. The first-order valence-electron chi connectivity index (χ1n) is 3.41. The minimum absolute atomic E-state index is 0.0382. The van der Waals surface area contributed by atoms with Crippen LogP contribution in [0, 0.1) is 0 Å². The number of amides is 2. The number of thiocarbonyl (C=S) groups is 1. The molecule has 0 aromatic heterocycles. The molecule has 2 amide bonds. The van der Waals surface area contributed by atoms with E-state index in [1.807, 2.05) is 0 Å². The van der Waals surface area contributed by atoms with Crippen molar-refractivity contribution in [1.29, 1.82) is 0 Å². The molecule has 0 radical (unpaired) electrons. The summed E-state index contributed by atoms with van der Waals surface area (Å²) in [6.07, 6.45) is 0.935. The number of fused-ring (bicyclic) bond motifs is 1. The number of nitrogens with one attached hydrogen (secondary N) is 3. The molecule has 11 heavy (non-hydrogen) atoms. The van der Waals surface area contributed by atoms with Gasteiger partial charge in [0.05, 0.1) is 0 Å². The lowest BCUT2D eigenvalue weighted by molar-refractivity contribution is 0.162. The largest absolute Gasteiger partial charge is 0.341 e. The molecule has 0 aliphatic carbocycles. The van der Waals surface area contributed by atoms with Crippen LogP contribution in [0.1, 0.15) is 6.42 Å². The van der Waals surface area contributed by atoms with Crippen LogP contribution in [0.2, 0.25) is 0 Å². The van der Waals surface area contributed by atoms with E-state index in [1.54, 1.807) is 0 Å². The van der Waals surface area contributed by atoms with E-state index < -0.39 is 0 Å². The maximum Gasteiger partial charge on any atom is 0.339 e. The molecule has 0 bridgehead atoms. The Labute approximate surface area is 69.1 Å². The van der Waals surface area contributed by atoms with Gasteiger partial charge in [0.25, 0.3) is 0 Å². The van der Waals surface area contributed by atoms with Gasteiger partial charge in [0.1, 0.15) is 6.17 Å². The molecule has 2 aliphatic heterocycles. The number of nitrogens with zero attached hydrogens (tertiary/aromatic N) is 1. The summed E-state index contributed by atoms with van der Waals surface area (Å²) in [7, 11) is 0. The summed E-state index contributed by atoms with van der Waals surface area (Å²) in [5.74, 6) is 0. The van der Waals surface area contributed by atoms with Crippen LogP contribution in [-0.4, -0.2) is 28.9 Å². The van der Waals surface area contributed by atoms with Gasteiger partial charge in [-0.1, -0.05) is 0 Å². The van der Waals surface area contributed by atoms with E-state index in [2.05, 4.69) is 16.1 Å². The zero-order valence-corrected chi connectivity index (χ0v) is 6.57. The molecule has 2 rings (SSSR count). The summed E-state index contributed by atoms with van der Waals surface area (Å²) in [5.41, 5.74) is 2.93. The van der Waals surface area contributed by atoms with Crippen LogP contribution in [0.4, 0.5) is 4.79 Å². The highest BCUT2D eigenvalue weighted by Crippen LogP contribution is 2.08. The Morgan fingerprint density at radius 2 is 2.45 bits per heavy atom. The second kappa shape index (κ2) is 2.31. The average molecular weight is 172 g/mol. The van der Waals surface area contributed by atoms with Gasteiger partial charge >= 0.3 is 6.03 Å². The third-order valence-electron chi connectivity index (χ3n) is 1.75. The molecule has 3 N–H and O–H groups in total. The third kappa shape index (κ3) is 1.04. The first kappa shape index (κ1) is 6.81. The molecule has 1 unspecified atom stereocenters. The number of urea groups is 1. The lowest BCUT2D eigenvalue weighted by atomic mass is 10.3. The van der Waals surface area contributed by atoms with Gasteiger partial charge in [-0.05, 0) is 12.2 Å². The average Bonchev–Trinajstić information content (AvgIpc) is 2.34. The van der Waals surface area contributed by atoms with Gasteiger partial charge in [0.15, 0.2) is 5.11 Å². The van der Waals surface area contributed by atoms with Crippen molar-refractivity contribution in [3.05, 3.63) is 0 Å². The second-order valence-electron chi connectivity index (χ2n) is 2.49. The van der Waals surface area contributed by atoms with Crippen molar-refractivity contribution in [1.82, 2.24) is 21.1 Å². The first-order chi connectivity index (χ1) is 5.27. The Morgan fingerprint density at radius 3 is 3.27 bits per heavy atom. The van der Waals surface area contributed by atoms with Gasteiger partial charge in [-0.2, -0.15) is 0 Å². The van der Waals surface area contributed by atoms with Gasteiger partial charge < -0.3 is 5.32 Å². The fraction of sp³-hybridized carbons (Fsp3) is 0.600. The third-order valence-corrected chi connectivity index (χ3v) is 1.97. The Bertz CT molecular complexity index is 219. The van der Waals surface area contributed by atoms with E-state index in [-0.39, 0.29) is 12.2 Å². The quantitative estimate of drug-likeness (QED) is 0.415. The monoisotopic (exact) mass is 172 g/mol. The fourth-order valence-electron chi connectivity index (χ4n) is 1.26. The summed E-state index contributed by atoms with van der Waals surface area (Å²) in [5, 5.41) is 7.41. The summed E-state index contributed by atoms with van der Waals surface area (Å²) in [6.45, 7) is 0.813. The molecule has 2 saturated heterocycles. The summed E-state index contributed by atoms with van der Waals surface area (Å²) in [6, 6.07) is -0.170. The predicted molar refractivity (Wildman–Crippen MR) is 42.5 cm³/mol. The first-order valence-corrected chi connectivity index (χ1v) is 3.82. The Morgan fingerprint density at radius 1 is 1.64 bits per heavy atom. The summed E-state index contributed by atoms with van der Waals surface area (Å²) in [4.78, 5) is 11.1. The molecular weight excluding hydrogens is 164 g/mol. The van der Waals surface area contributed by atoms with Crippen molar-refractivity contribution in [3.8, 4) is 0 Å². The highest BCUT2D eigenvalue weighted by molar-refractivity contribution is 7.80. The topological polar surface area (TPSA) is 56.4 Å². The molecule has 0 aromatic carbocycles. The molecule has 2 fully saturated rings. The van der Waals surface area contributed by atoms with Gasteiger partial charge in [-0.3, -0.25) is 5.32 Å². The van der Waals surface area contributed by atoms with E-state index in [1.165, 1.54) is 5.01 Å². The van der Waals surface area contributed by atoms with E-state index in [4.69, 9.17) is 12.2 Å². The van der Waals surface area contributed by atoms with Crippen LogP contribution < -0.4 is 16.1 Å². The molecule has 2 heterocycles. The van der Waals surface area contributed by atoms with Crippen molar-refractivity contribution in [2.24, 2.45) is 0 Å². The van der Waals surface area contributed by atoms with Crippen LogP contribution in [0.3, 0.4) is 0 Å². The summed E-state index contributed by atoms with van der Waals surface area (Å²) >= 11 is 4.81. The number of carbonyl (C=O) groups excluding carboxylic acids is 1. The molecular formula is C5H8N4OS. The number of hydrazine groups is 1. The smallest absolute Gasteiger partial charge is 0.339 e. The molecule has 0 spiro atoms. The van der Waals surface area contributed by atoms with Crippen LogP contribution >= 0.6 is 12.2 Å². The second-order valence-corrected chi connectivity index (χ2v) is 2.89.